The summed E-state index contributed by atoms with van der Waals surface area (Å²) in [7, 11) is 0. The molecule has 3 heteroatoms. The molecular weight excluding hydrogens is 270 g/mol. The largest absolute Gasteiger partial charge is 0.361 e. The van der Waals surface area contributed by atoms with Crippen LogP contribution in [0.3, 0.4) is 0 Å². The summed E-state index contributed by atoms with van der Waals surface area (Å²) in [5.74, 6) is 0. The van der Waals surface area contributed by atoms with Crippen molar-refractivity contribution in [3.63, 3.8) is 0 Å². The van der Waals surface area contributed by atoms with E-state index in [2.05, 4.69) is 59.4 Å². The maximum absolute atomic E-state index is 9.45. The van der Waals surface area contributed by atoms with Crippen LogP contribution in [0.1, 0.15) is 31.7 Å². The lowest BCUT2D eigenvalue weighted by molar-refractivity contribution is 0.246. The summed E-state index contributed by atoms with van der Waals surface area (Å²) in [6, 6.07) is 10.9. The van der Waals surface area contributed by atoms with Crippen LogP contribution in [0.25, 0.3) is 10.9 Å². The SMILES string of the molecule is CCCC1=CCN(CCc2c[nH]c3ccccc23)C(C#N)C1. The van der Waals surface area contributed by atoms with Gasteiger partial charge in [-0.1, -0.05) is 43.2 Å². The van der Waals surface area contributed by atoms with E-state index in [1.54, 1.807) is 0 Å². The zero-order chi connectivity index (χ0) is 15.4. The highest BCUT2D eigenvalue weighted by atomic mass is 15.2. The fourth-order valence-electron chi connectivity index (χ4n) is 3.34. The third-order valence-electron chi connectivity index (χ3n) is 4.57. The Bertz CT molecular complexity index is 705. The van der Waals surface area contributed by atoms with Crippen molar-refractivity contribution >= 4 is 10.9 Å². The predicted molar refractivity (Wildman–Crippen MR) is 90.6 cm³/mol. The number of hydrogen-bond donors (Lipinski definition) is 1. The Morgan fingerprint density at radius 1 is 1.32 bits per heavy atom. The topological polar surface area (TPSA) is 42.8 Å². The lowest BCUT2D eigenvalue weighted by Crippen LogP contribution is -2.39. The van der Waals surface area contributed by atoms with E-state index in [9.17, 15) is 5.26 Å². The number of hydrogen-bond acceptors (Lipinski definition) is 2. The van der Waals surface area contributed by atoms with Crippen LogP contribution in [-0.4, -0.2) is 29.0 Å². The molecule has 1 aromatic heterocycles. The molecule has 1 atom stereocenters. The molecule has 1 aliphatic heterocycles. The third kappa shape index (κ3) is 3.08. The number of para-hydroxylation sites is 1. The summed E-state index contributed by atoms with van der Waals surface area (Å²) in [5.41, 5.74) is 3.99. The van der Waals surface area contributed by atoms with Crippen LogP contribution in [0.2, 0.25) is 0 Å². The Kier molecular flexibility index (Phi) is 4.60. The van der Waals surface area contributed by atoms with Gasteiger partial charge < -0.3 is 4.98 Å². The van der Waals surface area contributed by atoms with Crippen LogP contribution in [-0.2, 0) is 6.42 Å². The molecule has 1 aromatic carbocycles. The molecule has 0 fully saturated rings. The molecule has 0 radical (unpaired) electrons. The number of rotatable bonds is 5. The second-order valence-electron chi connectivity index (χ2n) is 6.07. The molecule has 2 aromatic rings. The highest BCUT2D eigenvalue weighted by Gasteiger charge is 2.22. The highest BCUT2D eigenvalue weighted by molar-refractivity contribution is 5.83. The van der Waals surface area contributed by atoms with E-state index >= 15 is 0 Å². The minimum Gasteiger partial charge on any atom is -0.361 e. The molecule has 0 bridgehead atoms. The van der Waals surface area contributed by atoms with Gasteiger partial charge in [0.05, 0.1) is 6.07 Å². The first-order valence-corrected chi connectivity index (χ1v) is 8.18. The van der Waals surface area contributed by atoms with Gasteiger partial charge in [0.25, 0.3) is 0 Å². The van der Waals surface area contributed by atoms with E-state index in [0.717, 1.165) is 32.4 Å². The Hall–Kier alpha value is -2.05. The molecule has 0 saturated heterocycles. The second kappa shape index (κ2) is 6.81. The zero-order valence-electron chi connectivity index (χ0n) is 13.2. The van der Waals surface area contributed by atoms with E-state index in [1.807, 2.05) is 0 Å². The Morgan fingerprint density at radius 3 is 3.00 bits per heavy atom. The molecule has 1 aliphatic rings. The molecule has 3 nitrogen and oxygen atoms in total. The molecule has 114 valence electrons. The van der Waals surface area contributed by atoms with E-state index in [1.165, 1.54) is 28.5 Å². The number of nitrogens with one attached hydrogen (secondary N) is 1. The summed E-state index contributed by atoms with van der Waals surface area (Å²) in [6.07, 6.45) is 8.63. The number of aromatic amines is 1. The lowest BCUT2D eigenvalue weighted by Gasteiger charge is -2.31. The highest BCUT2D eigenvalue weighted by Crippen LogP contribution is 2.23. The van der Waals surface area contributed by atoms with Crippen molar-refractivity contribution in [3.05, 3.63) is 47.7 Å². The van der Waals surface area contributed by atoms with Crippen molar-refractivity contribution in [2.75, 3.05) is 13.1 Å². The first kappa shape index (κ1) is 14.9. The lowest BCUT2D eigenvalue weighted by atomic mass is 9.97. The fraction of sp³-hybridized carbons (Fsp3) is 0.421. The van der Waals surface area contributed by atoms with Gasteiger partial charge in [-0.05, 0) is 30.9 Å². The first-order chi connectivity index (χ1) is 10.8. The number of nitriles is 1. The van der Waals surface area contributed by atoms with E-state index in [4.69, 9.17) is 0 Å². The molecule has 1 unspecified atom stereocenters. The summed E-state index contributed by atoms with van der Waals surface area (Å²) in [5, 5.41) is 10.8. The van der Waals surface area contributed by atoms with Gasteiger partial charge >= 0.3 is 0 Å². The normalized spacial score (nSPS) is 19.1. The molecule has 3 rings (SSSR count). The second-order valence-corrected chi connectivity index (χ2v) is 6.07. The average molecular weight is 293 g/mol. The van der Waals surface area contributed by atoms with Gasteiger partial charge in [-0.3, -0.25) is 4.90 Å². The molecule has 1 N–H and O–H groups in total. The predicted octanol–water partition coefficient (Wildman–Crippen LogP) is 4.03. The number of H-pyrrole nitrogens is 1. The van der Waals surface area contributed by atoms with Crippen molar-refractivity contribution in [2.24, 2.45) is 0 Å². The maximum Gasteiger partial charge on any atom is 0.102 e. The molecular formula is C19H23N3. The summed E-state index contributed by atoms with van der Waals surface area (Å²) >= 11 is 0. The van der Waals surface area contributed by atoms with E-state index in [0.29, 0.717) is 0 Å². The van der Waals surface area contributed by atoms with E-state index in [-0.39, 0.29) is 6.04 Å². The molecule has 0 saturated carbocycles. The van der Waals surface area contributed by atoms with Gasteiger partial charge in [0.1, 0.15) is 6.04 Å². The zero-order valence-corrected chi connectivity index (χ0v) is 13.2. The Morgan fingerprint density at radius 2 is 2.18 bits per heavy atom. The van der Waals surface area contributed by atoms with E-state index < -0.39 is 0 Å². The summed E-state index contributed by atoms with van der Waals surface area (Å²) in [4.78, 5) is 5.64. The Labute approximate surface area is 132 Å². The van der Waals surface area contributed by atoms with Crippen LogP contribution < -0.4 is 0 Å². The monoisotopic (exact) mass is 293 g/mol. The van der Waals surface area contributed by atoms with Crippen LogP contribution in [0.5, 0.6) is 0 Å². The number of fused-ring (bicyclic) bond motifs is 1. The van der Waals surface area contributed by atoms with Gasteiger partial charge in [-0.15, -0.1) is 0 Å². The average Bonchev–Trinajstić information content (AvgIpc) is 2.97. The standard InChI is InChI=1S/C19H23N3/c1-2-5-15-8-10-22(17(12-15)13-20)11-9-16-14-21-19-7-4-3-6-18(16)19/h3-4,6-8,14,17,21H,2,5,9-12H2,1H3. The maximum atomic E-state index is 9.45. The van der Waals surface area contributed by atoms with Crippen LogP contribution in [0, 0.1) is 11.3 Å². The van der Waals surface area contributed by atoms with Gasteiger partial charge in [0.2, 0.25) is 0 Å². The van der Waals surface area contributed by atoms with Crippen LogP contribution >= 0.6 is 0 Å². The molecule has 0 amide bonds. The van der Waals surface area contributed by atoms with Gasteiger partial charge in [-0.25, -0.2) is 0 Å². The third-order valence-corrected chi connectivity index (χ3v) is 4.57. The molecule has 22 heavy (non-hydrogen) atoms. The van der Waals surface area contributed by atoms with Crippen molar-refractivity contribution < 1.29 is 0 Å². The smallest absolute Gasteiger partial charge is 0.102 e. The minimum absolute atomic E-state index is 0.0387. The van der Waals surface area contributed by atoms with Crippen LogP contribution in [0.4, 0.5) is 0 Å². The van der Waals surface area contributed by atoms with Crippen molar-refractivity contribution in [1.82, 2.24) is 9.88 Å². The quantitative estimate of drug-likeness (QED) is 0.846. The van der Waals surface area contributed by atoms with Gasteiger partial charge in [-0.2, -0.15) is 5.26 Å². The van der Waals surface area contributed by atoms with Crippen LogP contribution in [0.15, 0.2) is 42.1 Å². The minimum atomic E-state index is 0.0387. The van der Waals surface area contributed by atoms with Gasteiger partial charge in [0, 0.05) is 30.2 Å². The summed E-state index contributed by atoms with van der Waals surface area (Å²) < 4.78 is 0. The number of aromatic nitrogens is 1. The van der Waals surface area contributed by atoms with Crippen molar-refractivity contribution in [2.45, 2.75) is 38.6 Å². The molecule has 0 spiro atoms. The number of nitrogens with zero attached hydrogens (tertiary/aromatic N) is 2. The Balaban J connectivity index is 1.67. The molecule has 0 aliphatic carbocycles. The van der Waals surface area contributed by atoms with Crippen molar-refractivity contribution in [1.29, 1.82) is 5.26 Å². The van der Waals surface area contributed by atoms with Crippen molar-refractivity contribution in [3.8, 4) is 6.07 Å². The molecule has 2 heterocycles. The fourth-order valence-corrected chi connectivity index (χ4v) is 3.34. The first-order valence-electron chi connectivity index (χ1n) is 8.18. The number of benzene rings is 1. The van der Waals surface area contributed by atoms with Gasteiger partial charge in [0.15, 0.2) is 0 Å². The summed E-state index contributed by atoms with van der Waals surface area (Å²) in [6.45, 7) is 4.05.